The van der Waals surface area contributed by atoms with Gasteiger partial charge in [-0.05, 0) is 73.6 Å². The molecule has 130 valence electrons. The summed E-state index contributed by atoms with van der Waals surface area (Å²) in [4.78, 5) is 23.3. The van der Waals surface area contributed by atoms with Crippen LogP contribution in [0.25, 0.3) is 0 Å². The SMILES string of the molecule is CC(NC(=O)c1ccc(NC(N)=O)cc1)c1ccc2c(c1)CCCC2. The largest absolute Gasteiger partial charge is 0.351 e. The predicted octanol–water partition coefficient (Wildman–Crippen LogP) is 3.55. The number of nitrogens with one attached hydrogen (secondary N) is 2. The average Bonchev–Trinajstić information content (AvgIpc) is 2.61. The van der Waals surface area contributed by atoms with Crippen molar-refractivity contribution in [2.24, 2.45) is 5.73 Å². The molecule has 5 nitrogen and oxygen atoms in total. The molecule has 0 aliphatic heterocycles. The van der Waals surface area contributed by atoms with Crippen LogP contribution in [0.15, 0.2) is 42.5 Å². The number of rotatable bonds is 4. The van der Waals surface area contributed by atoms with Crippen LogP contribution in [-0.4, -0.2) is 11.9 Å². The first-order valence-corrected chi connectivity index (χ1v) is 8.62. The maximum absolute atomic E-state index is 12.4. The van der Waals surface area contributed by atoms with E-state index >= 15 is 0 Å². The number of benzene rings is 2. The van der Waals surface area contributed by atoms with Gasteiger partial charge in [0.05, 0.1) is 6.04 Å². The van der Waals surface area contributed by atoms with E-state index in [1.807, 2.05) is 6.92 Å². The molecule has 1 aliphatic carbocycles. The van der Waals surface area contributed by atoms with Crippen molar-refractivity contribution in [3.8, 4) is 0 Å². The van der Waals surface area contributed by atoms with Crippen molar-refractivity contribution >= 4 is 17.6 Å². The molecule has 0 saturated heterocycles. The Kier molecular flexibility index (Phi) is 5.03. The maximum atomic E-state index is 12.4. The number of primary amides is 1. The lowest BCUT2D eigenvalue weighted by Gasteiger charge is -2.20. The number of hydrogen-bond donors (Lipinski definition) is 3. The van der Waals surface area contributed by atoms with Gasteiger partial charge in [-0.2, -0.15) is 0 Å². The van der Waals surface area contributed by atoms with E-state index in [2.05, 4.69) is 28.8 Å². The van der Waals surface area contributed by atoms with Crippen LogP contribution in [0.3, 0.4) is 0 Å². The van der Waals surface area contributed by atoms with Gasteiger partial charge in [-0.3, -0.25) is 4.79 Å². The Morgan fingerprint density at radius 1 is 1.00 bits per heavy atom. The molecular weight excluding hydrogens is 314 g/mol. The fourth-order valence-corrected chi connectivity index (χ4v) is 3.23. The zero-order valence-electron chi connectivity index (χ0n) is 14.3. The van der Waals surface area contributed by atoms with Crippen molar-refractivity contribution in [2.75, 3.05) is 5.32 Å². The van der Waals surface area contributed by atoms with E-state index in [9.17, 15) is 9.59 Å². The number of anilines is 1. The number of nitrogens with two attached hydrogens (primary N) is 1. The fraction of sp³-hybridized carbons (Fsp3) is 0.300. The van der Waals surface area contributed by atoms with Gasteiger partial charge in [0, 0.05) is 11.3 Å². The molecule has 1 atom stereocenters. The van der Waals surface area contributed by atoms with E-state index in [-0.39, 0.29) is 11.9 Å². The van der Waals surface area contributed by atoms with Crippen molar-refractivity contribution < 1.29 is 9.59 Å². The van der Waals surface area contributed by atoms with Crippen LogP contribution in [-0.2, 0) is 12.8 Å². The lowest BCUT2D eigenvalue weighted by molar-refractivity contribution is 0.0940. The summed E-state index contributed by atoms with van der Waals surface area (Å²) in [5, 5.41) is 5.50. The molecule has 4 N–H and O–H groups in total. The summed E-state index contributed by atoms with van der Waals surface area (Å²) in [5.41, 5.74) is 10.1. The van der Waals surface area contributed by atoms with Gasteiger partial charge in [-0.1, -0.05) is 18.2 Å². The Labute approximate surface area is 147 Å². The summed E-state index contributed by atoms with van der Waals surface area (Å²) >= 11 is 0. The number of carbonyl (C=O) groups excluding carboxylic acids is 2. The highest BCUT2D eigenvalue weighted by Crippen LogP contribution is 2.25. The van der Waals surface area contributed by atoms with E-state index in [1.165, 1.54) is 24.0 Å². The summed E-state index contributed by atoms with van der Waals surface area (Å²) in [6.45, 7) is 1.99. The molecule has 0 bridgehead atoms. The second-order valence-corrected chi connectivity index (χ2v) is 6.50. The maximum Gasteiger partial charge on any atom is 0.316 e. The molecule has 3 amide bonds. The summed E-state index contributed by atoms with van der Waals surface area (Å²) in [5.74, 6) is -0.143. The molecule has 2 aromatic rings. The first kappa shape index (κ1) is 17.0. The highest BCUT2D eigenvalue weighted by Gasteiger charge is 2.15. The van der Waals surface area contributed by atoms with E-state index in [0.717, 1.165) is 18.4 Å². The van der Waals surface area contributed by atoms with Crippen molar-refractivity contribution in [1.82, 2.24) is 5.32 Å². The predicted molar refractivity (Wildman–Crippen MR) is 98.6 cm³/mol. The third-order valence-electron chi connectivity index (χ3n) is 4.63. The zero-order valence-corrected chi connectivity index (χ0v) is 14.3. The number of urea groups is 1. The number of hydrogen-bond acceptors (Lipinski definition) is 2. The van der Waals surface area contributed by atoms with Gasteiger partial charge in [0.1, 0.15) is 0 Å². The summed E-state index contributed by atoms with van der Waals surface area (Å²) in [7, 11) is 0. The van der Waals surface area contributed by atoms with Crippen LogP contribution >= 0.6 is 0 Å². The van der Waals surface area contributed by atoms with Crippen LogP contribution < -0.4 is 16.4 Å². The Balaban J connectivity index is 1.66. The molecule has 1 aliphatic rings. The van der Waals surface area contributed by atoms with Crippen LogP contribution in [0, 0.1) is 0 Å². The normalized spacial score (nSPS) is 14.3. The minimum atomic E-state index is -0.627. The molecule has 0 radical (unpaired) electrons. The van der Waals surface area contributed by atoms with E-state index in [1.54, 1.807) is 24.3 Å². The van der Waals surface area contributed by atoms with Gasteiger partial charge in [-0.25, -0.2) is 4.79 Å². The Morgan fingerprint density at radius 3 is 2.36 bits per heavy atom. The summed E-state index contributed by atoms with van der Waals surface area (Å²) in [6, 6.07) is 12.5. The number of carbonyl (C=O) groups is 2. The Morgan fingerprint density at radius 2 is 1.68 bits per heavy atom. The molecule has 25 heavy (non-hydrogen) atoms. The molecule has 1 unspecified atom stereocenters. The molecule has 0 saturated carbocycles. The monoisotopic (exact) mass is 337 g/mol. The molecule has 0 spiro atoms. The third-order valence-corrected chi connectivity index (χ3v) is 4.63. The van der Waals surface area contributed by atoms with Crippen LogP contribution in [0.5, 0.6) is 0 Å². The first-order chi connectivity index (χ1) is 12.0. The van der Waals surface area contributed by atoms with Crippen LogP contribution in [0.1, 0.15) is 52.9 Å². The Bertz CT molecular complexity index is 784. The van der Waals surface area contributed by atoms with Gasteiger partial charge in [0.15, 0.2) is 0 Å². The standard InChI is InChI=1S/C20H23N3O2/c1-13(16-7-6-14-4-2-3-5-17(14)12-16)22-19(24)15-8-10-18(11-9-15)23-20(21)25/h6-13H,2-5H2,1H3,(H,22,24)(H3,21,23,25). The quantitative estimate of drug-likeness (QED) is 0.797. The molecule has 3 rings (SSSR count). The molecule has 2 aromatic carbocycles. The lowest BCUT2D eigenvalue weighted by Crippen LogP contribution is -2.27. The first-order valence-electron chi connectivity index (χ1n) is 8.62. The second-order valence-electron chi connectivity index (χ2n) is 6.50. The topological polar surface area (TPSA) is 84.2 Å². The van der Waals surface area contributed by atoms with E-state index < -0.39 is 6.03 Å². The van der Waals surface area contributed by atoms with Crippen molar-refractivity contribution in [2.45, 2.75) is 38.6 Å². The van der Waals surface area contributed by atoms with Gasteiger partial charge in [-0.15, -0.1) is 0 Å². The van der Waals surface area contributed by atoms with E-state index in [0.29, 0.717) is 11.3 Å². The molecule has 0 fully saturated rings. The number of aryl methyl sites for hydroxylation is 2. The van der Waals surface area contributed by atoms with Gasteiger partial charge < -0.3 is 16.4 Å². The zero-order chi connectivity index (χ0) is 17.8. The minimum absolute atomic E-state index is 0.0665. The lowest BCUT2D eigenvalue weighted by atomic mass is 9.89. The fourth-order valence-electron chi connectivity index (χ4n) is 3.23. The molecule has 5 heteroatoms. The second kappa shape index (κ2) is 7.38. The third kappa shape index (κ3) is 4.18. The summed E-state index contributed by atoms with van der Waals surface area (Å²) in [6.07, 6.45) is 4.78. The average molecular weight is 337 g/mol. The molecular formula is C20H23N3O2. The van der Waals surface area contributed by atoms with Crippen LogP contribution in [0.4, 0.5) is 10.5 Å². The molecule has 0 heterocycles. The summed E-state index contributed by atoms with van der Waals surface area (Å²) < 4.78 is 0. The smallest absolute Gasteiger partial charge is 0.316 e. The Hall–Kier alpha value is -2.82. The van der Waals surface area contributed by atoms with Crippen molar-refractivity contribution in [3.63, 3.8) is 0 Å². The highest BCUT2D eigenvalue weighted by atomic mass is 16.2. The number of fused-ring (bicyclic) bond motifs is 1. The van der Waals surface area contributed by atoms with Gasteiger partial charge in [0.2, 0.25) is 0 Å². The minimum Gasteiger partial charge on any atom is -0.351 e. The number of amides is 3. The van der Waals surface area contributed by atoms with Gasteiger partial charge in [0.25, 0.3) is 5.91 Å². The van der Waals surface area contributed by atoms with Gasteiger partial charge >= 0.3 is 6.03 Å². The molecule has 0 aromatic heterocycles. The van der Waals surface area contributed by atoms with Crippen molar-refractivity contribution in [1.29, 1.82) is 0 Å². The van der Waals surface area contributed by atoms with Crippen LogP contribution in [0.2, 0.25) is 0 Å². The van der Waals surface area contributed by atoms with E-state index in [4.69, 9.17) is 5.73 Å². The van der Waals surface area contributed by atoms with Crippen molar-refractivity contribution in [3.05, 3.63) is 64.7 Å². The highest BCUT2D eigenvalue weighted by molar-refractivity contribution is 5.95.